The van der Waals surface area contributed by atoms with Gasteiger partial charge in [0.15, 0.2) is 0 Å². The van der Waals surface area contributed by atoms with Crippen molar-refractivity contribution in [1.82, 2.24) is 0 Å². The zero-order valence-corrected chi connectivity index (χ0v) is 11.5. The van der Waals surface area contributed by atoms with E-state index >= 15 is 0 Å². The molecule has 0 heterocycles. The molecule has 2 unspecified atom stereocenters. The number of hydrogen-bond donors (Lipinski definition) is 1. The number of rotatable bonds is 2. The van der Waals surface area contributed by atoms with Gasteiger partial charge in [0.25, 0.3) is 0 Å². The van der Waals surface area contributed by atoms with Crippen LogP contribution in [0.5, 0.6) is 0 Å². The second-order valence-electron chi connectivity index (χ2n) is 4.25. The Balaban J connectivity index is 2.27. The summed E-state index contributed by atoms with van der Waals surface area (Å²) in [6.07, 6.45) is 5.95. The molecule has 0 saturated heterocycles. The summed E-state index contributed by atoms with van der Waals surface area (Å²) in [6, 6.07) is 3.26. The van der Waals surface area contributed by atoms with E-state index in [2.05, 4.69) is 22.0 Å². The van der Waals surface area contributed by atoms with Crippen LogP contribution in [-0.4, -0.2) is 5.11 Å². The SMILES string of the molecule is OC(c1ccc(Br)c(Cl)c1F)C1CC=CCC1. The van der Waals surface area contributed by atoms with E-state index in [4.69, 9.17) is 11.6 Å². The van der Waals surface area contributed by atoms with Crippen LogP contribution in [0, 0.1) is 11.7 Å². The molecule has 1 aromatic carbocycles. The predicted molar refractivity (Wildman–Crippen MR) is 70.6 cm³/mol. The highest BCUT2D eigenvalue weighted by Crippen LogP contribution is 2.36. The summed E-state index contributed by atoms with van der Waals surface area (Å²) < 4.78 is 14.4. The van der Waals surface area contributed by atoms with Gasteiger partial charge in [-0.25, -0.2) is 4.39 Å². The van der Waals surface area contributed by atoms with E-state index in [1.165, 1.54) is 0 Å². The highest BCUT2D eigenvalue weighted by molar-refractivity contribution is 9.10. The van der Waals surface area contributed by atoms with Gasteiger partial charge in [-0.3, -0.25) is 0 Å². The fraction of sp³-hybridized carbons (Fsp3) is 0.385. The molecule has 17 heavy (non-hydrogen) atoms. The Hall–Kier alpha value is -0.380. The topological polar surface area (TPSA) is 20.2 Å². The summed E-state index contributed by atoms with van der Waals surface area (Å²) >= 11 is 8.98. The maximum Gasteiger partial charge on any atom is 0.148 e. The van der Waals surface area contributed by atoms with Crippen LogP contribution in [0.2, 0.25) is 5.02 Å². The Labute approximate surface area is 113 Å². The van der Waals surface area contributed by atoms with Crippen molar-refractivity contribution in [3.63, 3.8) is 0 Å². The Morgan fingerprint density at radius 1 is 1.41 bits per heavy atom. The van der Waals surface area contributed by atoms with Crippen LogP contribution in [0.25, 0.3) is 0 Å². The monoisotopic (exact) mass is 318 g/mol. The zero-order chi connectivity index (χ0) is 12.4. The lowest BCUT2D eigenvalue weighted by atomic mass is 9.86. The maximum atomic E-state index is 13.9. The van der Waals surface area contributed by atoms with Gasteiger partial charge in [-0.05, 0) is 47.2 Å². The lowest BCUT2D eigenvalue weighted by Crippen LogP contribution is -2.15. The quantitative estimate of drug-likeness (QED) is 0.622. The Morgan fingerprint density at radius 3 is 2.82 bits per heavy atom. The average Bonchev–Trinajstić information content (AvgIpc) is 2.36. The molecule has 1 aromatic rings. The van der Waals surface area contributed by atoms with Gasteiger partial charge in [-0.1, -0.05) is 29.8 Å². The predicted octanol–water partition coefficient (Wildman–Crippen LogP) is 4.63. The van der Waals surface area contributed by atoms with Crippen LogP contribution in [0.15, 0.2) is 28.8 Å². The fourth-order valence-corrected chi connectivity index (χ4v) is 2.61. The van der Waals surface area contributed by atoms with E-state index in [9.17, 15) is 9.50 Å². The van der Waals surface area contributed by atoms with Gasteiger partial charge in [-0.2, -0.15) is 0 Å². The summed E-state index contributed by atoms with van der Waals surface area (Å²) in [6.45, 7) is 0. The molecule has 0 bridgehead atoms. The van der Waals surface area contributed by atoms with E-state index in [0.29, 0.717) is 10.0 Å². The molecule has 0 amide bonds. The Bertz CT molecular complexity index is 447. The zero-order valence-electron chi connectivity index (χ0n) is 9.17. The molecule has 0 aliphatic heterocycles. The van der Waals surface area contributed by atoms with Gasteiger partial charge in [-0.15, -0.1) is 0 Å². The van der Waals surface area contributed by atoms with E-state index in [0.717, 1.165) is 19.3 Å². The van der Waals surface area contributed by atoms with E-state index in [1.807, 2.05) is 6.08 Å². The second kappa shape index (κ2) is 5.51. The molecule has 0 aromatic heterocycles. The first-order chi connectivity index (χ1) is 8.11. The number of benzene rings is 1. The molecule has 4 heteroatoms. The van der Waals surface area contributed by atoms with Crippen molar-refractivity contribution in [3.8, 4) is 0 Å². The first kappa shape index (κ1) is 13.1. The highest BCUT2D eigenvalue weighted by atomic mass is 79.9. The van der Waals surface area contributed by atoms with Crippen molar-refractivity contribution < 1.29 is 9.50 Å². The second-order valence-corrected chi connectivity index (χ2v) is 5.49. The van der Waals surface area contributed by atoms with Crippen molar-refractivity contribution >= 4 is 27.5 Å². The molecular formula is C13H13BrClFO. The van der Waals surface area contributed by atoms with E-state index in [1.54, 1.807) is 12.1 Å². The van der Waals surface area contributed by atoms with Crippen LogP contribution >= 0.6 is 27.5 Å². The van der Waals surface area contributed by atoms with Crippen molar-refractivity contribution in [2.75, 3.05) is 0 Å². The minimum absolute atomic E-state index is 0.0351. The van der Waals surface area contributed by atoms with Crippen molar-refractivity contribution in [2.24, 2.45) is 5.92 Å². The summed E-state index contributed by atoms with van der Waals surface area (Å²) in [7, 11) is 0. The maximum absolute atomic E-state index is 13.9. The normalized spacial score (nSPS) is 21.5. The van der Waals surface area contributed by atoms with Gasteiger partial charge in [0.2, 0.25) is 0 Å². The van der Waals surface area contributed by atoms with Crippen LogP contribution in [0.3, 0.4) is 0 Å². The molecule has 1 aliphatic rings. The lowest BCUT2D eigenvalue weighted by molar-refractivity contribution is 0.0988. The summed E-state index contributed by atoms with van der Waals surface area (Å²) in [5.41, 5.74) is 0.290. The summed E-state index contributed by atoms with van der Waals surface area (Å²) in [4.78, 5) is 0. The standard InChI is InChI=1S/C13H13BrClFO/c14-10-7-6-9(12(16)11(10)15)13(17)8-4-2-1-3-5-8/h1-2,6-8,13,17H,3-5H2. The Morgan fingerprint density at radius 2 is 2.18 bits per heavy atom. The van der Waals surface area contributed by atoms with Gasteiger partial charge in [0.1, 0.15) is 5.82 Å². The molecule has 0 saturated carbocycles. The number of aliphatic hydroxyl groups is 1. The third-order valence-corrected chi connectivity index (χ3v) is 4.40. The third kappa shape index (κ3) is 2.72. The molecule has 2 atom stereocenters. The summed E-state index contributed by atoms with van der Waals surface area (Å²) in [5, 5.41) is 10.2. The van der Waals surface area contributed by atoms with Crippen LogP contribution < -0.4 is 0 Å². The van der Waals surface area contributed by atoms with E-state index < -0.39 is 11.9 Å². The molecule has 0 spiro atoms. The largest absolute Gasteiger partial charge is 0.388 e. The fourth-order valence-electron chi connectivity index (χ4n) is 2.13. The Kier molecular flexibility index (Phi) is 4.23. The highest BCUT2D eigenvalue weighted by Gasteiger charge is 2.25. The van der Waals surface area contributed by atoms with Crippen LogP contribution in [-0.2, 0) is 0 Å². The van der Waals surface area contributed by atoms with Crippen molar-refractivity contribution in [2.45, 2.75) is 25.4 Å². The van der Waals surface area contributed by atoms with Crippen molar-refractivity contribution in [1.29, 1.82) is 0 Å². The van der Waals surface area contributed by atoms with E-state index in [-0.39, 0.29) is 10.9 Å². The average molecular weight is 320 g/mol. The van der Waals surface area contributed by atoms with Gasteiger partial charge in [0, 0.05) is 10.0 Å². The molecule has 0 radical (unpaired) electrons. The number of hydrogen-bond acceptors (Lipinski definition) is 1. The molecular weight excluding hydrogens is 306 g/mol. The molecule has 2 rings (SSSR count). The summed E-state index contributed by atoms with van der Waals surface area (Å²) in [5.74, 6) is -0.449. The number of aliphatic hydroxyl groups excluding tert-OH is 1. The first-order valence-electron chi connectivity index (χ1n) is 5.57. The van der Waals surface area contributed by atoms with Crippen LogP contribution in [0.4, 0.5) is 4.39 Å². The van der Waals surface area contributed by atoms with Gasteiger partial charge in [0.05, 0.1) is 11.1 Å². The molecule has 0 fully saturated rings. The smallest absolute Gasteiger partial charge is 0.148 e. The third-order valence-electron chi connectivity index (χ3n) is 3.14. The number of allylic oxidation sites excluding steroid dienone is 2. The minimum Gasteiger partial charge on any atom is -0.388 e. The van der Waals surface area contributed by atoms with Crippen molar-refractivity contribution in [3.05, 3.63) is 45.2 Å². The minimum atomic E-state index is -0.787. The molecule has 1 N–H and O–H groups in total. The van der Waals surface area contributed by atoms with Crippen LogP contribution in [0.1, 0.15) is 30.9 Å². The lowest BCUT2D eigenvalue weighted by Gasteiger charge is -2.24. The number of halogens is 3. The van der Waals surface area contributed by atoms with Gasteiger partial charge >= 0.3 is 0 Å². The molecule has 1 aliphatic carbocycles. The van der Waals surface area contributed by atoms with Gasteiger partial charge < -0.3 is 5.11 Å². The molecule has 1 nitrogen and oxygen atoms in total. The molecule has 92 valence electrons. The first-order valence-corrected chi connectivity index (χ1v) is 6.75.